The maximum Gasteiger partial charge on any atom is 0.123 e. The lowest BCUT2D eigenvalue weighted by molar-refractivity contribution is 0.591. The fraction of sp³-hybridized carbons (Fsp3) is 0.148. The van der Waals surface area contributed by atoms with E-state index < -0.39 is 0 Å². The molecule has 2 heteroatoms. The zero-order chi connectivity index (χ0) is 20.2. The van der Waals surface area contributed by atoms with Gasteiger partial charge in [-0.25, -0.2) is 4.39 Å². The quantitative estimate of drug-likeness (QED) is 0.273. The summed E-state index contributed by atoms with van der Waals surface area (Å²) >= 11 is 0. The second kappa shape index (κ2) is 6.38. The molecule has 142 valence electrons. The maximum absolute atomic E-state index is 13.8. The molecule has 0 amide bonds. The molecule has 1 aromatic heterocycles. The van der Waals surface area contributed by atoms with Gasteiger partial charge in [0, 0.05) is 17.1 Å². The molecule has 0 saturated carbocycles. The van der Waals surface area contributed by atoms with E-state index in [0.29, 0.717) is 0 Å². The normalized spacial score (nSPS) is 12.1. The Bertz CT molecular complexity index is 1390. The molecule has 0 atom stereocenters. The minimum atomic E-state index is -0.247. The third kappa shape index (κ3) is 2.96. The van der Waals surface area contributed by atoms with Gasteiger partial charge in [-0.1, -0.05) is 75.4 Å². The van der Waals surface area contributed by atoms with Crippen LogP contribution in [0.15, 0.2) is 79.0 Å². The van der Waals surface area contributed by atoms with E-state index in [1.807, 2.05) is 12.3 Å². The van der Waals surface area contributed by atoms with Crippen LogP contribution in [0.1, 0.15) is 26.3 Å². The Morgan fingerprint density at radius 2 is 1.38 bits per heavy atom. The van der Waals surface area contributed by atoms with Crippen LogP contribution in [0.25, 0.3) is 43.6 Å². The first-order valence-electron chi connectivity index (χ1n) is 9.92. The molecule has 0 aliphatic rings. The molecule has 4 aromatic carbocycles. The third-order valence-corrected chi connectivity index (χ3v) is 5.72. The number of pyridine rings is 1. The number of aromatic nitrogens is 1. The van der Waals surface area contributed by atoms with Crippen LogP contribution < -0.4 is 0 Å². The van der Waals surface area contributed by atoms with Gasteiger partial charge >= 0.3 is 0 Å². The SMILES string of the molecule is CC(C)(C)c1ccc2c(ccc3c4ccnc(-c5cccc(F)c5)c4ccc23)c1. The van der Waals surface area contributed by atoms with Gasteiger partial charge in [0.1, 0.15) is 5.82 Å². The molecule has 0 aliphatic heterocycles. The van der Waals surface area contributed by atoms with Crippen LogP contribution in [0.3, 0.4) is 0 Å². The zero-order valence-electron chi connectivity index (χ0n) is 16.8. The summed E-state index contributed by atoms with van der Waals surface area (Å²) in [6, 6.07) is 24.1. The van der Waals surface area contributed by atoms with Crippen molar-refractivity contribution < 1.29 is 4.39 Å². The first-order valence-corrected chi connectivity index (χ1v) is 9.92. The third-order valence-electron chi connectivity index (χ3n) is 5.72. The van der Waals surface area contributed by atoms with Crippen LogP contribution in [-0.2, 0) is 5.41 Å². The van der Waals surface area contributed by atoms with Crippen LogP contribution in [0.4, 0.5) is 4.39 Å². The van der Waals surface area contributed by atoms with Gasteiger partial charge in [-0.05, 0) is 56.1 Å². The summed E-state index contributed by atoms with van der Waals surface area (Å²) in [5.74, 6) is -0.247. The molecule has 1 nitrogen and oxygen atoms in total. The van der Waals surface area contributed by atoms with E-state index in [1.165, 1.54) is 33.2 Å². The van der Waals surface area contributed by atoms with Crippen molar-refractivity contribution in [2.24, 2.45) is 0 Å². The zero-order valence-corrected chi connectivity index (χ0v) is 16.8. The number of halogens is 1. The molecule has 0 unspecified atom stereocenters. The first-order chi connectivity index (χ1) is 13.9. The van der Waals surface area contributed by atoms with Crippen LogP contribution in [-0.4, -0.2) is 4.98 Å². The highest BCUT2D eigenvalue weighted by molar-refractivity contribution is 6.18. The molecule has 0 aliphatic carbocycles. The highest BCUT2D eigenvalue weighted by Gasteiger charge is 2.15. The molecule has 0 fully saturated rings. The van der Waals surface area contributed by atoms with Crippen molar-refractivity contribution in [3.63, 3.8) is 0 Å². The summed E-state index contributed by atoms with van der Waals surface area (Å²) in [5, 5.41) is 7.10. The Balaban J connectivity index is 1.79. The maximum atomic E-state index is 13.8. The molecular weight excluding hydrogens is 357 g/mol. The fourth-order valence-corrected chi connectivity index (χ4v) is 4.14. The van der Waals surface area contributed by atoms with Crippen molar-refractivity contribution in [1.29, 1.82) is 0 Å². The molecular formula is C27H22FN. The van der Waals surface area contributed by atoms with Crippen molar-refractivity contribution >= 4 is 32.3 Å². The van der Waals surface area contributed by atoms with Crippen LogP contribution >= 0.6 is 0 Å². The van der Waals surface area contributed by atoms with Crippen molar-refractivity contribution in [2.45, 2.75) is 26.2 Å². The van der Waals surface area contributed by atoms with Gasteiger partial charge in [0.05, 0.1) is 5.69 Å². The summed E-state index contributed by atoms with van der Waals surface area (Å²) in [4.78, 5) is 4.56. The molecule has 0 N–H and O–H groups in total. The monoisotopic (exact) mass is 379 g/mol. The largest absolute Gasteiger partial charge is 0.256 e. The van der Waals surface area contributed by atoms with Gasteiger partial charge in [-0.2, -0.15) is 0 Å². The van der Waals surface area contributed by atoms with E-state index >= 15 is 0 Å². The van der Waals surface area contributed by atoms with Crippen LogP contribution in [0, 0.1) is 5.82 Å². The summed E-state index contributed by atoms with van der Waals surface area (Å²) in [6.45, 7) is 6.72. The smallest absolute Gasteiger partial charge is 0.123 e. The molecule has 5 aromatic rings. The van der Waals surface area contributed by atoms with E-state index in [2.05, 4.69) is 74.3 Å². The predicted molar refractivity (Wildman–Crippen MR) is 121 cm³/mol. The van der Waals surface area contributed by atoms with Gasteiger partial charge < -0.3 is 0 Å². The topological polar surface area (TPSA) is 12.9 Å². The highest BCUT2D eigenvalue weighted by Crippen LogP contribution is 2.36. The molecule has 0 saturated heterocycles. The second-order valence-corrected chi connectivity index (χ2v) is 8.68. The van der Waals surface area contributed by atoms with Crippen molar-refractivity contribution in [3.8, 4) is 11.3 Å². The molecule has 0 radical (unpaired) electrons. The number of rotatable bonds is 1. The molecule has 29 heavy (non-hydrogen) atoms. The average molecular weight is 379 g/mol. The minimum Gasteiger partial charge on any atom is -0.256 e. The lowest BCUT2D eigenvalue weighted by Gasteiger charge is -2.20. The summed E-state index contributed by atoms with van der Waals surface area (Å²) in [6.07, 6.45) is 1.81. The van der Waals surface area contributed by atoms with Crippen molar-refractivity contribution in [1.82, 2.24) is 4.98 Å². The Labute approximate surface area is 169 Å². The predicted octanol–water partition coefficient (Wildman–Crippen LogP) is 7.64. The molecule has 1 heterocycles. The Morgan fingerprint density at radius 1 is 0.690 bits per heavy atom. The highest BCUT2D eigenvalue weighted by atomic mass is 19.1. The number of hydrogen-bond donors (Lipinski definition) is 0. The second-order valence-electron chi connectivity index (χ2n) is 8.68. The number of nitrogens with zero attached hydrogens (tertiary/aromatic N) is 1. The summed E-state index contributed by atoms with van der Waals surface area (Å²) in [5.41, 5.74) is 3.07. The van der Waals surface area contributed by atoms with E-state index in [4.69, 9.17) is 0 Å². The van der Waals surface area contributed by atoms with E-state index in [0.717, 1.165) is 22.0 Å². The van der Waals surface area contributed by atoms with Gasteiger partial charge in [-0.15, -0.1) is 0 Å². The summed E-state index contributed by atoms with van der Waals surface area (Å²) < 4.78 is 13.8. The van der Waals surface area contributed by atoms with Crippen molar-refractivity contribution in [3.05, 3.63) is 90.4 Å². The Kier molecular flexibility index (Phi) is 3.92. The van der Waals surface area contributed by atoms with E-state index in [1.54, 1.807) is 12.1 Å². The van der Waals surface area contributed by atoms with E-state index in [9.17, 15) is 4.39 Å². The lowest BCUT2D eigenvalue weighted by Crippen LogP contribution is -2.10. The molecule has 5 rings (SSSR count). The number of benzene rings is 4. The lowest BCUT2D eigenvalue weighted by atomic mass is 9.85. The van der Waals surface area contributed by atoms with E-state index in [-0.39, 0.29) is 11.2 Å². The Hall–Kier alpha value is -3.26. The minimum absolute atomic E-state index is 0.123. The summed E-state index contributed by atoms with van der Waals surface area (Å²) in [7, 11) is 0. The number of hydrogen-bond acceptors (Lipinski definition) is 1. The first kappa shape index (κ1) is 17.8. The molecule has 0 spiro atoms. The van der Waals surface area contributed by atoms with Crippen molar-refractivity contribution in [2.75, 3.05) is 0 Å². The van der Waals surface area contributed by atoms with Gasteiger partial charge in [0.15, 0.2) is 0 Å². The fourth-order valence-electron chi connectivity index (χ4n) is 4.14. The van der Waals surface area contributed by atoms with Gasteiger partial charge in [0.25, 0.3) is 0 Å². The Morgan fingerprint density at radius 3 is 2.17 bits per heavy atom. The average Bonchev–Trinajstić information content (AvgIpc) is 2.71. The van der Waals surface area contributed by atoms with Gasteiger partial charge in [-0.3, -0.25) is 4.98 Å². The standard InChI is InChI=1S/C27H22FN/c1-27(2,3)19-8-10-21-17(15-19)7-9-23-22(21)11-12-25-24(23)13-14-29-26(25)18-5-4-6-20(28)16-18/h4-16H,1-3H3. The number of fused-ring (bicyclic) bond motifs is 5. The van der Waals surface area contributed by atoms with Gasteiger partial charge in [0.2, 0.25) is 0 Å². The molecule has 0 bridgehead atoms. The van der Waals surface area contributed by atoms with Crippen LogP contribution in [0.2, 0.25) is 0 Å². The van der Waals surface area contributed by atoms with Crippen LogP contribution in [0.5, 0.6) is 0 Å².